The molecule has 13 nitrogen and oxygen atoms in total. The van der Waals surface area contributed by atoms with Crippen LogP contribution < -0.4 is 20.0 Å². The molecule has 1 aliphatic heterocycles. The van der Waals surface area contributed by atoms with Gasteiger partial charge in [-0.1, -0.05) is 0 Å². The monoisotopic (exact) mass is 663 g/mol. The van der Waals surface area contributed by atoms with Gasteiger partial charge in [-0.2, -0.15) is 0 Å². The van der Waals surface area contributed by atoms with Crippen molar-refractivity contribution in [1.29, 1.82) is 0 Å². The van der Waals surface area contributed by atoms with Crippen molar-refractivity contribution in [1.82, 2.24) is 4.57 Å². The average molecular weight is 664 g/mol. The second kappa shape index (κ2) is 13.2. The van der Waals surface area contributed by atoms with Gasteiger partial charge in [-0.15, -0.1) is 0 Å². The number of piperidine rings is 1. The van der Waals surface area contributed by atoms with E-state index in [-0.39, 0.29) is 67.6 Å². The number of methoxy groups -OCH3 is 1. The van der Waals surface area contributed by atoms with Gasteiger partial charge >= 0.3 is 17.8 Å². The SMILES string of the molecule is CCN(C(=O)OC)c1ccc(OCC2(OP(O)C(=O)O)CCN(c3cc4c(cc3F)c(=O)c(C(=O)O)cn4C3CC3)CC2)c(F)c1. The zero-order valence-electron chi connectivity index (χ0n) is 24.9. The highest BCUT2D eigenvalue weighted by Gasteiger charge is 2.41. The first-order chi connectivity index (χ1) is 21.9. The molecule has 1 saturated carbocycles. The third kappa shape index (κ3) is 6.62. The Hall–Kier alpha value is -4.33. The minimum Gasteiger partial charge on any atom is -0.487 e. The zero-order chi connectivity index (χ0) is 33.3. The number of pyridine rings is 1. The number of ether oxygens (including phenoxy) is 2. The quantitative estimate of drug-likeness (QED) is 0.227. The van der Waals surface area contributed by atoms with Crippen LogP contribution in [0.5, 0.6) is 5.75 Å². The van der Waals surface area contributed by atoms with Gasteiger partial charge < -0.3 is 38.6 Å². The molecule has 246 valence electrons. The maximum absolute atomic E-state index is 15.5. The minimum absolute atomic E-state index is 0.0149. The van der Waals surface area contributed by atoms with Crippen molar-refractivity contribution in [2.45, 2.75) is 44.2 Å². The van der Waals surface area contributed by atoms with Crippen LogP contribution >= 0.6 is 8.38 Å². The molecule has 1 atom stereocenters. The van der Waals surface area contributed by atoms with E-state index >= 15 is 8.78 Å². The fourth-order valence-corrected chi connectivity index (χ4v) is 6.24. The van der Waals surface area contributed by atoms with Crippen molar-refractivity contribution in [3.63, 3.8) is 0 Å². The minimum atomic E-state index is -2.93. The topological polar surface area (TPSA) is 168 Å². The molecule has 0 spiro atoms. The number of halogens is 2. The summed E-state index contributed by atoms with van der Waals surface area (Å²) >= 11 is 0. The normalized spacial score (nSPS) is 16.6. The van der Waals surface area contributed by atoms with Crippen LogP contribution in [0.4, 0.5) is 29.7 Å². The third-order valence-corrected chi connectivity index (χ3v) is 9.05. The van der Waals surface area contributed by atoms with Gasteiger partial charge in [-0.05, 0) is 56.9 Å². The van der Waals surface area contributed by atoms with E-state index in [2.05, 4.69) is 0 Å². The summed E-state index contributed by atoms with van der Waals surface area (Å²) in [5.41, 5.74) is -3.42. The molecule has 5 rings (SSSR count). The van der Waals surface area contributed by atoms with Gasteiger partial charge in [0.05, 0.1) is 24.0 Å². The van der Waals surface area contributed by atoms with E-state index in [9.17, 15) is 34.3 Å². The van der Waals surface area contributed by atoms with E-state index in [4.69, 9.17) is 14.0 Å². The van der Waals surface area contributed by atoms with Gasteiger partial charge in [0, 0.05) is 43.3 Å². The first-order valence-corrected chi connectivity index (χ1v) is 15.6. The molecule has 3 N–H and O–H groups in total. The summed E-state index contributed by atoms with van der Waals surface area (Å²) in [6.07, 6.45) is 2.28. The van der Waals surface area contributed by atoms with Crippen LogP contribution in [0.3, 0.4) is 0 Å². The smallest absolute Gasteiger partial charge is 0.413 e. The zero-order valence-corrected chi connectivity index (χ0v) is 25.8. The standard InChI is InChI=1S/C30H32F2N3O10P/c1-3-34(28(39)43-2)18-6-7-25(22(32)12-18)44-16-30(45-46(42)29(40)41)8-10-33(11-9-30)24-14-23-19(13-21(24)31)26(36)20(27(37)38)15-35(23)17-4-5-17/h6-7,12-15,17,42H,3-5,8-11,16H2,1-2H3,(H,37,38)(H,40,41). The lowest BCUT2D eigenvalue weighted by Crippen LogP contribution is -2.49. The lowest BCUT2D eigenvalue weighted by atomic mass is 9.92. The Balaban J connectivity index is 1.39. The van der Waals surface area contributed by atoms with Crippen LogP contribution in [0.1, 0.15) is 49.0 Å². The first-order valence-electron chi connectivity index (χ1n) is 14.4. The number of carboxylic acids is 1. The Labute approximate surface area is 262 Å². The molecule has 2 aliphatic rings. The maximum Gasteiger partial charge on any atom is 0.413 e. The van der Waals surface area contributed by atoms with E-state index in [0.717, 1.165) is 25.0 Å². The van der Waals surface area contributed by atoms with Gasteiger partial charge in [0.1, 0.15) is 23.6 Å². The Morgan fingerprint density at radius 1 is 1.09 bits per heavy atom. The summed E-state index contributed by atoms with van der Waals surface area (Å²) in [5.74, 6) is -3.15. The number of anilines is 2. The molecule has 0 bridgehead atoms. The van der Waals surface area contributed by atoms with Crippen LogP contribution in [-0.4, -0.2) is 76.4 Å². The van der Waals surface area contributed by atoms with Gasteiger partial charge in [-0.3, -0.25) is 9.69 Å². The molecule has 1 unspecified atom stereocenters. The Morgan fingerprint density at radius 2 is 1.78 bits per heavy atom. The maximum atomic E-state index is 15.5. The summed E-state index contributed by atoms with van der Waals surface area (Å²) in [6, 6.07) is 6.36. The van der Waals surface area contributed by atoms with Crippen LogP contribution in [0.25, 0.3) is 10.9 Å². The molecule has 1 aliphatic carbocycles. The number of rotatable bonds is 11. The Kier molecular flexibility index (Phi) is 9.47. The van der Waals surface area contributed by atoms with Gasteiger partial charge in [-0.25, -0.2) is 23.2 Å². The van der Waals surface area contributed by atoms with Crippen LogP contribution in [0.15, 0.2) is 41.3 Å². The number of aromatic carboxylic acids is 1. The number of benzene rings is 2. The van der Waals surface area contributed by atoms with Crippen LogP contribution in [-0.2, 0) is 9.26 Å². The van der Waals surface area contributed by atoms with E-state index in [1.165, 1.54) is 36.4 Å². The van der Waals surface area contributed by atoms with Crippen molar-refractivity contribution in [2.75, 3.05) is 43.2 Å². The van der Waals surface area contributed by atoms with Crippen LogP contribution in [0, 0.1) is 11.6 Å². The summed E-state index contributed by atoms with van der Waals surface area (Å²) in [6.45, 7) is 1.78. The number of carbonyl (C=O) groups is 3. The van der Waals surface area contributed by atoms with Crippen molar-refractivity contribution in [2.24, 2.45) is 0 Å². The molecule has 2 fully saturated rings. The molecule has 16 heteroatoms. The lowest BCUT2D eigenvalue weighted by molar-refractivity contribution is -0.000150. The van der Waals surface area contributed by atoms with Crippen LogP contribution in [0.2, 0.25) is 0 Å². The number of carbonyl (C=O) groups excluding carboxylic acids is 1. The van der Waals surface area contributed by atoms with Gasteiger partial charge in [0.15, 0.2) is 11.6 Å². The molecule has 3 aromatic rings. The molecule has 1 amide bonds. The molecule has 1 saturated heterocycles. The second-order valence-electron chi connectivity index (χ2n) is 11.1. The molecular formula is C30H32F2N3O10P. The molecular weight excluding hydrogens is 631 g/mol. The molecule has 2 heterocycles. The summed E-state index contributed by atoms with van der Waals surface area (Å²) in [5, 5.41) is 18.8. The second-order valence-corrected chi connectivity index (χ2v) is 12.2. The van der Waals surface area contributed by atoms with E-state index in [0.29, 0.717) is 5.52 Å². The van der Waals surface area contributed by atoms with E-state index in [1.54, 1.807) is 16.4 Å². The lowest BCUT2D eigenvalue weighted by Gasteiger charge is -2.42. The average Bonchev–Trinajstić information content (AvgIpc) is 3.87. The van der Waals surface area contributed by atoms with Crippen molar-refractivity contribution < 1.29 is 52.3 Å². The Bertz CT molecular complexity index is 1740. The highest BCUT2D eigenvalue weighted by atomic mass is 31.2. The van der Waals surface area contributed by atoms with E-state index < -0.39 is 54.4 Å². The molecule has 0 radical (unpaired) electrons. The summed E-state index contributed by atoms with van der Waals surface area (Å²) < 4.78 is 48.3. The summed E-state index contributed by atoms with van der Waals surface area (Å²) in [4.78, 5) is 61.0. The predicted molar refractivity (Wildman–Crippen MR) is 163 cm³/mol. The van der Waals surface area contributed by atoms with E-state index in [1.807, 2.05) is 0 Å². The van der Waals surface area contributed by atoms with Crippen molar-refractivity contribution in [3.8, 4) is 5.75 Å². The highest BCUT2D eigenvalue weighted by molar-refractivity contribution is 7.64. The molecule has 2 aromatic carbocycles. The number of carboxylic acid groups (broad SMARTS) is 2. The van der Waals surface area contributed by atoms with Crippen molar-refractivity contribution >= 4 is 48.4 Å². The highest BCUT2D eigenvalue weighted by Crippen LogP contribution is 2.44. The summed E-state index contributed by atoms with van der Waals surface area (Å²) in [7, 11) is -1.73. The van der Waals surface area contributed by atoms with Gasteiger partial charge in [0.2, 0.25) is 5.43 Å². The molecule has 1 aromatic heterocycles. The first kappa shape index (κ1) is 33.0. The number of nitrogens with zero attached hydrogens (tertiary/aromatic N) is 3. The molecule has 46 heavy (non-hydrogen) atoms. The fourth-order valence-electron chi connectivity index (χ4n) is 5.56. The third-order valence-electron chi connectivity index (χ3n) is 8.16. The van der Waals surface area contributed by atoms with Crippen molar-refractivity contribution in [3.05, 3.63) is 63.9 Å². The number of amides is 1. The predicted octanol–water partition coefficient (Wildman–Crippen LogP) is 5.32. The van der Waals surface area contributed by atoms with Gasteiger partial charge in [0.25, 0.3) is 8.38 Å². The number of hydrogen-bond acceptors (Lipinski definition) is 9. The number of fused-ring (bicyclic) bond motifs is 1. The largest absolute Gasteiger partial charge is 0.487 e. The fraction of sp³-hybridized carbons (Fsp3) is 0.400. The number of hydrogen-bond donors (Lipinski definition) is 3. The number of aromatic nitrogens is 1. The Morgan fingerprint density at radius 3 is 2.35 bits per heavy atom.